The molecule has 1 unspecified atom stereocenters. The highest BCUT2D eigenvalue weighted by molar-refractivity contribution is 8.35. The van der Waals surface area contributed by atoms with Crippen molar-refractivity contribution in [3.05, 3.63) is 88.7 Å². The van der Waals surface area contributed by atoms with E-state index < -0.39 is 169 Å². The molecule has 1 aliphatic heterocycles. The summed E-state index contributed by atoms with van der Waals surface area (Å²) < 4.78 is 48.8. The monoisotopic (exact) mass is 1000 g/mol. The quantitative estimate of drug-likeness (QED) is 0.0651. The van der Waals surface area contributed by atoms with Crippen LogP contribution in [0.5, 0.6) is 5.75 Å². The van der Waals surface area contributed by atoms with Gasteiger partial charge < -0.3 is 4.74 Å². The Morgan fingerprint density at radius 2 is 0.841 bits per heavy atom. The van der Waals surface area contributed by atoms with Crippen LogP contribution in [0.15, 0.2) is 65.6 Å². The van der Waals surface area contributed by atoms with Crippen molar-refractivity contribution < 1.29 is 17.5 Å². The van der Waals surface area contributed by atoms with Gasteiger partial charge in [-0.3, -0.25) is 4.31 Å². The Hall–Kier alpha value is 0.387. The number of benzene rings is 3. The van der Waals surface area contributed by atoms with E-state index >= 15 is 0 Å². The molecule has 1 atom stereocenters. The number of sulfonamides is 1. The van der Waals surface area contributed by atoms with E-state index in [2.05, 4.69) is 0 Å². The third-order valence-corrected chi connectivity index (χ3v) is 18.4. The van der Waals surface area contributed by atoms with Crippen molar-refractivity contribution in [3.8, 4) is 5.75 Å². The summed E-state index contributed by atoms with van der Waals surface area (Å²) in [5.41, 5.74) is 4.09. The maximum absolute atomic E-state index is 14.2. The Labute approximate surface area is 539 Å². The van der Waals surface area contributed by atoms with Crippen molar-refractivity contribution in [2.45, 2.75) is 50.5 Å². The topological polar surface area (TPSA) is 46.6 Å². The standard InChI is InChI=1S/C26H28FNO3S.B50/c1-18-7-14-26(19(2)15-18)32(29,30)28-23(12-8-20-5-4-6-24(16-20)31-3)13-10-21-9-11-22(27)17-25(21)28;1-27(2)40(28(3)4)46(39(25)26)49(45(37(21)22)38(23)24)50(47(41(29(5)6)30(7)8)42(31(9)10)32(11)12)48(43(33(13)14)34(15)16)44(35(17)18)36(19)20/h4-7,9,11,14-17,23H,8,10,12-13H2,1-3H3;. The zero-order valence-corrected chi connectivity index (χ0v) is 48.3. The van der Waals surface area contributed by atoms with Gasteiger partial charge in [-0.2, -0.15) is 0 Å². The molecule has 4 rings (SSSR count). The van der Waals surface area contributed by atoms with Gasteiger partial charge in [0.1, 0.15) is 11.6 Å². The van der Waals surface area contributed by atoms with Crippen molar-refractivity contribution >= 4 is 370 Å². The van der Waals surface area contributed by atoms with Gasteiger partial charge in [-0.15, -0.1) is 0 Å². The predicted octanol–water partition coefficient (Wildman–Crippen LogP) is -13.4. The van der Waals surface area contributed by atoms with Gasteiger partial charge >= 0.3 is 0 Å². The maximum atomic E-state index is 14.2. The van der Waals surface area contributed by atoms with Gasteiger partial charge in [0.15, 0.2) is 0 Å². The first kappa shape index (κ1) is 76.6. The predicted molar refractivity (Wildman–Crippen MR) is 413 cm³/mol. The normalized spacial score (nSPS) is 12.1. The second-order valence-electron chi connectivity index (χ2n) is 22.3. The highest BCUT2D eigenvalue weighted by atomic mass is 32.2. The summed E-state index contributed by atoms with van der Waals surface area (Å²) in [6.45, 7) is 3.74. The van der Waals surface area contributed by atoms with Crippen LogP contribution in [-0.4, -0.2) is 376 Å². The van der Waals surface area contributed by atoms with Gasteiger partial charge in [0, 0.05) is 360 Å². The zero-order valence-electron chi connectivity index (χ0n) is 47.5. The lowest BCUT2D eigenvalue weighted by atomic mass is 8.24. The lowest BCUT2D eigenvalue weighted by Crippen LogP contribution is -2.95. The summed E-state index contributed by atoms with van der Waals surface area (Å²) in [5, 5.41) is 0. The minimum absolute atomic E-state index is 0.263. The molecule has 4 nitrogen and oxygen atoms in total. The van der Waals surface area contributed by atoms with Gasteiger partial charge in [-0.05, 0) is 86.6 Å². The SMILES string of the molecule is COc1cccc(CCC2CCc3ccc(F)cc3N2S(=O)(=O)c2ccc(C)cc2C)c1.[B]B([B])B(B([B])[B])B(B([B])[B])B(B(B([B])[B])B([B])[B])B(B(B(B([B])[B])B([B])[B])B(B([B])[B])B([B])[B])B(B(B([B])[B])B([B])[B])B(B([B])[B])B([B])[B]. The zero-order chi connectivity index (χ0) is 62.7. The fourth-order valence-corrected chi connectivity index (χ4v) is 15.0. The maximum Gasteiger partial charge on any atom is 0.264 e. The third kappa shape index (κ3) is 19.7. The van der Waals surface area contributed by atoms with E-state index in [1.807, 2.05) is 50.2 Å². The number of hydrogen-bond acceptors (Lipinski definition) is 3. The number of halogens is 1. The van der Waals surface area contributed by atoms with Gasteiger partial charge in [0.2, 0.25) is 0 Å². The summed E-state index contributed by atoms with van der Waals surface area (Å²) in [6.07, 6.45) is -28.3. The molecule has 52 radical (unpaired) electrons. The molecule has 0 amide bonds. The van der Waals surface area contributed by atoms with Crippen LogP contribution in [0.3, 0.4) is 0 Å². The molecule has 1 heterocycles. The molecule has 0 fully saturated rings. The van der Waals surface area contributed by atoms with Crippen molar-refractivity contribution in [3.63, 3.8) is 0 Å². The molecular formula is C26H28B50FNO3S. The Morgan fingerprint density at radius 3 is 1.21 bits per heavy atom. The van der Waals surface area contributed by atoms with Gasteiger partial charge in [0.05, 0.1) is 17.7 Å². The second kappa shape index (κ2) is 34.5. The molecule has 56 heteroatoms. The van der Waals surface area contributed by atoms with Crippen molar-refractivity contribution in [1.82, 2.24) is 0 Å². The van der Waals surface area contributed by atoms with Crippen LogP contribution in [0.2, 0.25) is 0 Å². The average Bonchev–Trinajstić information content (AvgIpc) is 3.33. The summed E-state index contributed by atoms with van der Waals surface area (Å²) >= 11 is 0. The van der Waals surface area contributed by atoms with E-state index in [1.165, 1.54) is 16.4 Å². The molecule has 0 saturated carbocycles. The molecule has 82 heavy (non-hydrogen) atoms. The lowest BCUT2D eigenvalue weighted by Gasteiger charge is -2.57. The minimum atomic E-state index is -3.86. The van der Waals surface area contributed by atoms with E-state index in [0.717, 1.165) is 28.9 Å². The number of aryl methyl sites for hydroxylation is 4. The Balaban J connectivity index is 0.000000469. The first-order valence-corrected chi connectivity index (χ1v) is 28.6. The summed E-state index contributed by atoms with van der Waals surface area (Å²) in [6, 6.07) is 17.3. The van der Waals surface area contributed by atoms with Crippen LogP contribution in [0, 0.1) is 19.7 Å². The van der Waals surface area contributed by atoms with Gasteiger partial charge in [-0.1, -0.05) is 35.9 Å². The van der Waals surface area contributed by atoms with Crippen LogP contribution in [-0.2, 0) is 22.9 Å². The molecule has 3 aromatic rings. The summed E-state index contributed by atoms with van der Waals surface area (Å²) in [7, 11) is 165. The number of anilines is 1. The van der Waals surface area contributed by atoms with Crippen LogP contribution in [0.25, 0.3) is 0 Å². The smallest absolute Gasteiger partial charge is 0.264 e. The van der Waals surface area contributed by atoms with Gasteiger partial charge in [-0.25, -0.2) is 12.8 Å². The van der Waals surface area contributed by atoms with Crippen molar-refractivity contribution in [2.24, 2.45) is 0 Å². The van der Waals surface area contributed by atoms with Crippen LogP contribution in [0.4, 0.5) is 10.1 Å². The Bertz CT molecular complexity index is 2380. The van der Waals surface area contributed by atoms with Crippen molar-refractivity contribution in [1.29, 1.82) is 0 Å². The number of hydrogen-bond donors (Lipinski definition) is 0. The largest absolute Gasteiger partial charge is 0.497 e. The van der Waals surface area contributed by atoms with E-state index in [9.17, 15) is 12.8 Å². The van der Waals surface area contributed by atoms with Crippen LogP contribution in [0.1, 0.15) is 35.1 Å². The molecule has 0 aliphatic carbocycles. The van der Waals surface area contributed by atoms with E-state index in [-0.39, 0.29) is 10.9 Å². The number of rotatable bonds is 29. The molecule has 3 aromatic carbocycles. The Morgan fingerprint density at radius 1 is 0.476 bits per heavy atom. The van der Waals surface area contributed by atoms with Gasteiger partial charge in [0.25, 0.3) is 10.0 Å². The second-order valence-corrected chi connectivity index (χ2v) is 24.1. The number of nitrogens with zero attached hydrogens (tertiary/aromatic N) is 1. The highest BCUT2D eigenvalue weighted by Crippen LogP contribution is 2.38. The van der Waals surface area contributed by atoms with Crippen LogP contribution >= 0.6 is 0 Å². The first-order valence-electron chi connectivity index (χ1n) is 27.2. The average molecular weight is 994 g/mol. The fraction of sp³-hybridized carbons (Fsp3) is 0.308. The Kier molecular flexibility index (Phi) is 32.3. The molecule has 0 saturated heterocycles. The lowest BCUT2D eigenvalue weighted by molar-refractivity contribution is 0.414. The van der Waals surface area contributed by atoms with E-state index in [4.69, 9.17) is 206 Å². The molecule has 0 aromatic heterocycles. The van der Waals surface area contributed by atoms with Crippen molar-refractivity contribution in [2.75, 3.05) is 11.4 Å². The van der Waals surface area contributed by atoms with Crippen LogP contribution < -0.4 is 9.04 Å². The highest BCUT2D eigenvalue weighted by Gasteiger charge is 2.60. The first-order chi connectivity index (χ1) is 38.0. The minimum Gasteiger partial charge on any atom is -0.497 e. The number of fused-ring (bicyclic) bond motifs is 1. The summed E-state index contributed by atoms with van der Waals surface area (Å²) in [5.74, 6) is 0.344. The molecule has 0 N–H and O–H groups in total. The fourth-order valence-electron chi connectivity index (χ4n) is 13.0. The molecule has 0 spiro atoms. The molecule has 1 aliphatic rings. The summed E-state index contributed by atoms with van der Waals surface area (Å²) in [4.78, 5) is 0.270. The molecular weight excluding hydrogens is 966 g/mol. The van der Waals surface area contributed by atoms with E-state index in [0.29, 0.717) is 30.5 Å². The number of methoxy groups -OCH3 is 1. The number of ether oxygens (including phenoxy) is 1. The molecule has 318 valence electrons. The molecule has 0 bridgehead atoms. The van der Waals surface area contributed by atoms with E-state index in [1.54, 1.807) is 19.2 Å². The third-order valence-electron chi connectivity index (χ3n) is 16.4.